The number of carbonyl (C=O) groups excluding carboxylic acids is 1. The zero-order valence-electron chi connectivity index (χ0n) is 36.6. The van der Waals surface area contributed by atoms with E-state index in [9.17, 15) is 4.79 Å². The third-order valence-corrected chi connectivity index (χ3v) is 17.6. The van der Waals surface area contributed by atoms with E-state index in [4.69, 9.17) is 4.74 Å². The van der Waals surface area contributed by atoms with E-state index in [1.807, 2.05) is 11.1 Å². The van der Waals surface area contributed by atoms with Crippen molar-refractivity contribution >= 4 is 5.97 Å². The van der Waals surface area contributed by atoms with Crippen LogP contribution in [0.3, 0.4) is 0 Å². The molecule has 0 aromatic heterocycles. The lowest BCUT2D eigenvalue weighted by atomic mass is 9.34. The highest BCUT2D eigenvalue weighted by molar-refractivity contribution is 5.69. The normalized spacial score (nSPS) is 36.4. The van der Waals surface area contributed by atoms with Gasteiger partial charge in [0.15, 0.2) is 0 Å². The SMILES string of the molecule is CCCCCCCCCCCCCCCCCCCC(=O)O[C@H]1CC[C@@]2(C)C(CC[C@]3(C)[C@@H]2CCC2=C4CC(C)(C)CC[C@]4(C)CC[C@]23C)C1(C)C. The number of carbonyl (C=O) groups is 1. The lowest BCUT2D eigenvalue weighted by molar-refractivity contribution is -0.214. The first-order valence-corrected chi connectivity index (χ1v) is 23.6. The Balaban J connectivity index is 1.03. The van der Waals surface area contributed by atoms with Gasteiger partial charge in [0, 0.05) is 11.8 Å². The first-order valence-electron chi connectivity index (χ1n) is 23.6. The predicted molar refractivity (Wildman–Crippen MR) is 223 cm³/mol. The molecule has 0 heterocycles. The van der Waals surface area contributed by atoms with Crippen molar-refractivity contribution in [2.24, 2.45) is 44.3 Å². The Morgan fingerprint density at radius 3 is 1.69 bits per heavy atom. The van der Waals surface area contributed by atoms with Crippen LogP contribution in [0.4, 0.5) is 0 Å². The molecular formula is C50H88O2. The van der Waals surface area contributed by atoms with Gasteiger partial charge in [0.2, 0.25) is 0 Å². The van der Waals surface area contributed by atoms with E-state index in [1.165, 1.54) is 167 Å². The summed E-state index contributed by atoms with van der Waals surface area (Å²) in [6, 6.07) is 0. The predicted octanol–water partition coefficient (Wildman–Crippen LogP) is 15.9. The van der Waals surface area contributed by atoms with Gasteiger partial charge >= 0.3 is 5.97 Å². The molecule has 7 atom stereocenters. The van der Waals surface area contributed by atoms with Crippen LogP contribution >= 0.6 is 0 Å². The van der Waals surface area contributed by atoms with Gasteiger partial charge in [0.25, 0.3) is 0 Å². The molecule has 2 nitrogen and oxygen atoms in total. The molecule has 300 valence electrons. The van der Waals surface area contributed by atoms with Gasteiger partial charge in [0.1, 0.15) is 6.10 Å². The van der Waals surface area contributed by atoms with Crippen molar-refractivity contribution in [3.63, 3.8) is 0 Å². The summed E-state index contributed by atoms with van der Waals surface area (Å²) < 4.78 is 6.44. The summed E-state index contributed by atoms with van der Waals surface area (Å²) in [5.74, 6) is 1.47. The summed E-state index contributed by atoms with van der Waals surface area (Å²) in [4.78, 5) is 13.2. The first kappa shape index (κ1) is 42.4. The van der Waals surface area contributed by atoms with Crippen LogP contribution in [0.25, 0.3) is 0 Å². The monoisotopic (exact) mass is 721 g/mol. The molecule has 0 saturated heterocycles. The van der Waals surface area contributed by atoms with E-state index in [0.717, 1.165) is 18.8 Å². The second-order valence-corrected chi connectivity index (χ2v) is 22.0. The summed E-state index contributed by atoms with van der Waals surface area (Å²) in [5.41, 5.74) is 5.80. The second-order valence-electron chi connectivity index (χ2n) is 22.0. The summed E-state index contributed by atoms with van der Waals surface area (Å²) >= 11 is 0. The quantitative estimate of drug-likeness (QED) is 0.0754. The standard InChI is InChI=1S/C50H88O2/c1-10-11-12-13-14-15-16-17-18-19-20-21-22-23-24-25-26-27-44(51)52-43-31-32-48(7)41(46(43,4)5)30-33-50(9)42(48)29-28-39-40-38-45(2,3)34-35-47(40,6)36-37-49(39,50)8/h41-43H,10-38H2,1-9H3/t41?,42-,43+,47-,48+,49-,50-/m1/s1. The lowest BCUT2D eigenvalue weighted by Crippen LogP contribution is -2.64. The fourth-order valence-electron chi connectivity index (χ4n) is 13.9. The van der Waals surface area contributed by atoms with Crippen molar-refractivity contribution in [1.29, 1.82) is 0 Å². The molecule has 1 unspecified atom stereocenters. The van der Waals surface area contributed by atoms with E-state index < -0.39 is 0 Å². The van der Waals surface area contributed by atoms with Gasteiger partial charge in [-0.3, -0.25) is 4.79 Å². The largest absolute Gasteiger partial charge is 0.462 e. The Morgan fingerprint density at radius 1 is 0.577 bits per heavy atom. The van der Waals surface area contributed by atoms with Crippen molar-refractivity contribution in [3.8, 4) is 0 Å². The summed E-state index contributed by atoms with van der Waals surface area (Å²) in [5, 5.41) is 0. The topological polar surface area (TPSA) is 26.3 Å². The van der Waals surface area contributed by atoms with E-state index in [-0.39, 0.29) is 17.5 Å². The Labute approximate surface area is 324 Å². The number of allylic oxidation sites excluding steroid dienone is 2. The third-order valence-electron chi connectivity index (χ3n) is 17.6. The van der Waals surface area contributed by atoms with Crippen molar-refractivity contribution in [2.75, 3.05) is 0 Å². The van der Waals surface area contributed by atoms with Gasteiger partial charge in [-0.2, -0.15) is 0 Å². The molecule has 5 aliphatic rings. The molecule has 0 aliphatic heterocycles. The van der Waals surface area contributed by atoms with E-state index in [0.29, 0.717) is 39.4 Å². The molecule has 5 aliphatic carbocycles. The molecule has 0 N–H and O–H groups in total. The van der Waals surface area contributed by atoms with Gasteiger partial charge in [-0.1, -0.05) is 176 Å². The van der Waals surface area contributed by atoms with E-state index in [1.54, 1.807) is 0 Å². The molecule has 0 aromatic rings. The maximum Gasteiger partial charge on any atom is 0.306 e. The van der Waals surface area contributed by atoms with E-state index in [2.05, 4.69) is 62.3 Å². The molecule has 0 aromatic carbocycles. The maximum absolute atomic E-state index is 13.2. The third kappa shape index (κ3) is 8.92. The highest BCUT2D eigenvalue weighted by Gasteiger charge is 2.67. The highest BCUT2D eigenvalue weighted by Crippen LogP contribution is 2.75. The smallest absolute Gasteiger partial charge is 0.306 e. The fourth-order valence-corrected chi connectivity index (χ4v) is 13.9. The van der Waals surface area contributed by atoms with Crippen LogP contribution in [0.15, 0.2) is 11.1 Å². The molecule has 0 spiro atoms. The average molecular weight is 721 g/mol. The average Bonchev–Trinajstić information content (AvgIpc) is 3.08. The molecular weight excluding hydrogens is 633 g/mol. The molecule has 0 bridgehead atoms. The summed E-state index contributed by atoms with van der Waals surface area (Å²) in [6.45, 7) is 23.1. The van der Waals surface area contributed by atoms with Gasteiger partial charge in [-0.05, 0) is 116 Å². The van der Waals surface area contributed by atoms with Crippen molar-refractivity contribution in [1.82, 2.24) is 0 Å². The number of hydrogen-bond donors (Lipinski definition) is 0. The first-order chi connectivity index (χ1) is 24.6. The van der Waals surface area contributed by atoms with Crippen LogP contribution in [0.2, 0.25) is 0 Å². The maximum atomic E-state index is 13.2. The molecule has 2 heteroatoms. The molecule has 0 radical (unpaired) electrons. The van der Waals surface area contributed by atoms with E-state index >= 15 is 0 Å². The Hall–Kier alpha value is -0.790. The zero-order chi connectivity index (χ0) is 37.7. The lowest BCUT2D eigenvalue weighted by Gasteiger charge is -2.71. The van der Waals surface area contributed by atoms with Crippen LogP contribution in [0, 0.1) is 44.3 Å². The van der Waals surface area contributed by atoms with Crippen molar-refractivity contribution in [3.05, 3.63) is 11.1 Å². The van der Waals surface area contributed by atoms with Gasteiger partial charge < -0.3 is 4.74 Å². The van der Waals surface area contributed by atoms with Crippen LogP contribution in [0.5, 0.6) is 0 Å². The molecule has 52 heavy (non-hydrogen) atoms. The summed E-state index contributed by atoms with van der Waals surface area (Å²) in [7, 11) is 0. The number of fused-ring (bicyclic) bond motifs is 6. The van der Waals surface area contributed by atoms with Crippen LogP contribution in [-0.2, 0) is 9.53 Å². The molecule has 4 saturated carbocycles. The zero-order valence-corrected chi connectivity index (χ0v) is 36.6. The van der Waals surface area contributed by atoms with Gasteiger partial charge in [-0.15, -0.1) is 0 Å². The van der Waals surface area contributed by atoms with Crippen molar-refractivity contribution < 1.29 is 9.53 Å². The van der Waals surface area contributed by atoms with Gasteiger partial charge in [-0.25, -0.2) is 0 Å². The Morgan fingerprint density at radius 2 is 1.12 bits per heavy atom. The van der Waals surface area contributed by atoms with Crippen LogP contribution in [-0.4, -0.2) is 12.1 Å². The number of unbranched alkanes of at least 4 members (excludes halogenated alkanes) is 16. The number of rotatable bonds is 19. The number of hydrogen-bond acceptors (Lipinski definition) is 2. The Kier molecular flexibility index (Phi) is 14.3. The van der Waals surface area contributed by atoms with Crippen LogP contribution < -0.4 is 0 Å². The Bertz CT molecular complexity index is 1190. The van der Waals surface area contributed by atoms with Crippen molar-refractivity contribution in [2.45, 2.75) is 255 Å². The van der Waals surface area contributed by atoms with Crippen LogP contribution in [0.1, 0.15) is 249 Å². The minimum Gasteiger partial charge on any atom is -0.462 e. The number of ether oxygens (including phenoxy) is 1. The number of esters is 1. The van der Waals surface area contributed by atoms with Gasteiger partial charge in [0.05, 0.1) is 0 Å². The minimum atomic E-state index is 0.0381. The summed E-state index contributed by atoms with van der Waals surface area (Å²) in [6.07, 6.45) is 38.5. The molecule has 0 amide bonds. The second kappa shape index (κ2) is 17.6. The fraction of sp³-hybridized carbons (Fsp3) is 0.940. The minimum absolute atomic E-state index is 0.0381. The molecule has 4 fully saturated rings. The highest BCUT2D eigenvalue weighted by atomic mass is 16.5. The molecule has 5 rings (SSSR count).